The summed E-state index contributed by atoms with van der Waals surface area (Å²) < 4.78 is -1.47. The Hall–Kier alpha value is -12.0. The Labute approximate surface area is 798 Å². The number of aliphatic hydroxyl groups is 3. The van der Waals surface area contributed by atoms with Crippen molar-refractivity contribution in [2.75, 3.05) is 51.6 Å². The minimum atomic E-state index is -2.00. The minimum absolute atomic E-state index is 0.0638. The van der Waals surface area contributed by atoms with Gasteiger partial charge in [0.15, 0.2) is 5.96 Å². The van der Waals surface area contributed by atoms with Crippen LogP contribution in [-0.2, 0) is 94.3 Å². The molecule has 0 aliphatic carbocycles. The van der Waals surface area contributed by atoms with Gasteiger partial charge < -0.3 is 166 Å². The summed E-state index contributed by atoms with van der Waals surface area (Å²) in [6.07, 6.45) is -8.07. The van der Waals surface area contributed by atoms with E-state index in [0.29, 0.717) is 17.5 Å². The molecule has 50 nitrogen and oxygen atoms in total. The van der Waals surface area contributed by atoms with Gasteiger partial charge in [-0.15, -0.1) is 0 Å². The average molecular weight is 1960 g/mol. The summed E-state index contributed by atoms with van der Waals surface area (Å²) in [6.45, 7) is 10.4. The number of aromatic hydroxyl groups is 2. The van der Waals surface area contributed by atoms with E-state index in [2.05, 4.69) is 110 Å². The van der Waals surface area contributed by atoms with E-state index in [0.717, 1.165) is 18.7 Å². The van der Waals surface area contributed by atoms with Crippen molar-refractivity contribution in [1.82, 2.24) is 90.0 Å². The number of carbonyl (C=O) groups is 18. The third kappa shape index (κ3) is 40.5. The number of urea groups is 1. The number of benzene rings is 2. The first-order valence-electron chi connectivity index (χ1n) is 44.5. The number of guanidine groups is 1. The van der Waals surface area contributed by atoms with Gasteiger partial charge in [-0.25, -0.2) is 9.59 Å². The van der Waals surface area contributed by atoms with Crippen LogP contribution in [0.5, 0.6) is 11.5 Å². The molecule has 0 bridgehead atoms. The van der Waals surface area contributed by atoms with Crippen LogP contribution in [0.4, 0.5) is 4.79 Å². The van der Waals surface area contributed by atoms with E-state index in [1.807, 2.05) is 0 Å². The van der Waals surface area contributed by atoms with Gasteiger partial charge in [0.2, 0.25) is 94.5 Å². The summed E-state index contributed by atoms with van der Waals surface area (Å²) >= 11 is 8.81. The monoisotopic (exact) mass is 1960 g/mol. The number of thiol groups is 2. The maximum absolute atomic E-state index is 14.8. The van der Waals surface area contributed by atoms with Gasteiger partial charge in [-0.2, -0.15) is 25.3 Å². The molecule has 1 saturated heterocycles. The van der Waals surface area contributed by atoms with Crippen LogP contribution in [0, 0.1) is 17.2 Å². The van der Waals surface area contributed by atoms with Crippen molar-refractivity contribution >= 4 is 138 Å². The highest BCUT2D eigenvalue weighted by molar-refractivity contribution is 7.81. The molecule has 1 heterocycles. The van der Waals surface area contributed by atoms with E-state index in [9.17, 15) is 117 Å². The molecule has 1 aliphatic rings. The number of hydrogen-bond donors (Lipinski definition) is 33. The number of aliphatic carboxylic acids is 1. The normalized spacial score (nSPS) is 17.0. The molecule has 39 N–H and O–H groups in total. The number of phenols is 2. The fourth-order valence-corrected chi connectivity index (χ4v) is 14.4. The zero-order chi connectivity index (χ0) is 103. The van der Waals surface area contributed by atoms with Gasteiger partial charge in [0.1, 0.15) is 102 Å². The van der Waals surface area contributed by atoms with Gasteiger partial charge in [-0.1, -0.05) is 58.4 Å². The maximum Gasteiger partial charge on any atom is 0.326 e. The van der Waals surface area contributed by atoms with E-state index < -0.39 is 270 Å². The number of rotatable bonds is 61. The second-order valence-electron chi connectivity index (χ2n) is 34.1. The average Bonchev–Trinajstić information content (AvgIpc) is 1.56. The number of nitrogens with zero attached hydrogens (tertiary/aromatic N) is 1. The van der Waals surface area contributed by atoms with Gasteiger partial charge in [-0.3, -0.25) is 82.1 Å². The molecule has 0 spiro atoms. The quantitative estimate of drug-likeness (QED) is 0.0127. The zero-order valence-corrected chi connectivity index (χ0v) is 79.3. The van der Waals surface area contributed by atoms with Gasteiger partial charge >= 0.3 is 12.0 Å². The van der Waals surface area contributed by atoms with E-state index in [4.69, 9.17) is 51.3 Å². The highest BCUT2D eigenvalue weighted by Gasteiger charge is 2.46. The standard InChI is InChI=1S/C84H140N26O24S2/c1-9-41(4)62(106-75(126)59-36-48(115)38-110(59)80(131)61(90)40(2)3)76(127)109-65(84(7,8)136)79(130)103-55(34-44-17-21-46(113)22-18-44)72(123)99-52(25-29-86)69(120)102-56(37-60(89)116)73(124)97-50(15-12-32-94-82(91)92)66(117)98-54(27-31-88)71(122)108-64(43(6)112)78(129)101-53(26-30-87)68(119)96-49(14-10-11-28-85)70(121)107-63(42(5)111)77(128)100-51(16-13-33-95-83(93)134)67(118)105-58(39-135)74(125)104-57(81(132)133)35-45-19-23-47(114)24-20-45/h17-24,40-43,48-59,61-65,111-115,135-136H,9-16,25-39,85-88,90H2,1-8H3,(H2,89,116)(H,96,119)(H,97,124)(H,98,117)(H,99,123)(H,100,128)(H,101,129)(H,102,120)(H,103,130)(H,104,125)(H,105,118)(H,106,126)(H,107,121)(H,108,122)(H,109,127)(H,132,133)(H4,91,92,94)(H3,93,95,134)/t41-,42+,43+,48+,49-,50-,51-,52-,53+,54-,55-,56-,57-,58-,59-,61-,62-,63-,64-,65+/m0/s1. The van der Waals surface area contributed by atoms with E-state index in [-0.39, 0.29) is 127 Å². The molecule has 2 aromatic carbocycles. The first-order valence-corrected chi connectivity index (χ1v) is 45.6. The first kappa shape index (κ1) is 118. The molecule has 1 aliphatic heterocycles. The SMILES string of the molecule is CC[C@H](C)[C@H](NC(=O)[C@@H]1C[C@@H](O)CN1C(=O)[C@@H](N)C(C)C)C(=O)N[C@H](C(=O)N[C@@H](Cc1ccc(O)cc1)C(=O)N[C@@H](CCN)C(=O)N[C@@H](CC(N)=O)C(=O)N[C@@H](CCCNC(=N)N)C(=O)N[C@@H](CCN)C(=O)N[C@H](C(=O)N[C@H](CCN)C(=O)N[C@@H](CCCCN)C(=O)N[C@H](C(=O)N[C@@H](CCCNC(N)=O)C(=O)N[C@@H](CS)C(=O)N[C@@H](Cc1ccc(O)cc1)C(=O)O)[C@@H](C)O)[C@@H](C)O)C(C)(C)S. The lowest BCUT2D eigenvalue weighted by atomic mass is 9.95. The van der Waals surface area contributed by atoms with Crippen LogP contribution in [0.2, 0.25) is 0 Å². The molecular weight excluding hydrogens is 1820 g/mol. The fourth-order valence-electron chi connectivity index (χ4n) is 13.9. The van der Waals surface area contributed by atoms with Gasteiger partial charge in [0.05, 0.1) is 30.8 Å². The second-order valence-corrected chi connectivity index (χ2v) is 35.6. The first-order chi connectivity index (χ1) is 63.9. The lowest BCUT2D eigenvalue weighted by Crippen LogP contribution is -2.64. The third-order valence-corrected chi connectivity index (χ3v) is 22.6. The van der Waals surface area contributed by atoms with E-state index in [1.54, 1.807) is 27.7 Å². The topological polar surface area (TPSA) is 856 Å². The van der Waals surface area contributed by atoms with Crippen molar-refractivity contribution in [2.24, 2.45) is 57.7 Å². The Balaban J connectivity index is 1.94. The maximum atomic E-state index is 14.8. The van der Waals surface area contributed by atoms with Gasteiger partial charge in [0.25, 0.3) is 0 Å². The van der Waals surface area contributed by atoms with Gasteiger partial charge in [-0.05, 0) is 165 Å². The number of amides is 18. The fraction of sp³-hybridized carbons (Fsp3) is 0.631. The number of unbranched alkanes of at least 4 members (excludes halogenated alkanes) is 1. The van der Waals surface area contributed by atoms with Crippen molar-refractivity contribution in [3.05, 3.63) is 59.7 Å². The molecule has 18 amide bonds. The van der Waals surface area contributed by atoms with Gasteiger partial charge in [0, 0.05) is 49.4 Å². The van der Waals surface area contributed by atoms with Crippen molar-refractivity contribution < 1.29 is 117 Å². The molecule has 762 valence electrons. The number of nitrogens with one attached hydrogen (secondary N) is 17. The molecule has 3 rings (SSSR count). The summed E-state index contributed by atoms with van der Waals surface area (Å²) in [4.78, 5) is 253. The Morgan fingerprint density at radius 1 is 0.463 bits per heavy atom. The van der Waals surface area contributed by atoms with Crippen LogP contribution in [0.3, 0.4) is 0 Å². The summed E-state index contributed by atoms with van der Waals surface area (Å²) in [7, 11) is 0. The van der Waals surface area contributed by atoms with Crippen LogP contribution in [0.1, 0.15) is 150 Å². The predicted molar refractivity (Wildman–Crippen MR) is 501 cm³/mol. The van der Waals surface area contributed by atoms with Crippen molar-refractivity contribution in [3.63, 3.8) is 0 Å². The smallest absolute Gasteiger partial charge is 0.326 e. The second kappa shape index (κ2) is 59.1. The molecule has 0 unspecified atom stereocenters. The Morgan fingerprint density at radius 3 is 1.21 bits per heavy atom. The van der Waals surface area contributed by atoms with Crippen molar-refractivity contribution in [1.29, 1.82) is 5.41 Å². The van der Waals surface area contributed by atoms with Crippen molar-refractivity contribution in [2.45, 2.75) is 271 Å². The lowest BCUT2D eigenvalue weighted by Gasteiger charge is -2.34. The van der Waals surface area contributed by atoms with E-state index in [1.165, 1.54) is 62.4 Å². The molecule has 136 heavy (non-hydrogen) atoms. The predicted octanol–water partition coefficient (Wildman–Crippen LogP) is -10.1. The van der Waals surface area contributed by atoms with Crippen LogP contribution < -0.4 is 131 Å². The van der Waals surface area contributed by atoms with Crippen LogP contribution >= 0.6 is 25.3 Å². The third-order valence-electron chi connectivity index (χ3n) is 22.0. The van der Waals surface area contributed by atoms with Crippen molar-refractivity contribution in [3.8, 4) is 11.5 Å². The molecule has 0 saturated carbocycles. The number of aliphatic hydroxyl groups excluding tert-OH is 3. The number of carboxylic acid groups (broad SMARTS) is 1. The number of hydrogen-bond acceptors (Lipinski definition) is 31. The number of likely N-dealkylation sites (tertiary alicyclic amines) is 1. The molecular formula is C84H140N26O24S2. The molecule has 0 aromatic heterocycles. The summed E-state index contributed by atoms with van der Waals surface area (Å²) in [5.74, 6) is -20.8. The molecule has 20 atom stereocenters. The minimum Gasteiger partial charge on any atom is -0.508 e. The number of carboxylic acids is 1. The molecule has 0 radical (unpaired) electrons. The molecule has 1 fully saturated rings. The molecule has 2 aromatic rings. The summed E-state index contributed by atoms with van der Waals surface area (Å²) in [5, 5.41) is 109. The summed E-state index contributed by atoms with van der Waals surface area (Å²) in [6, 6.07) is -16.2. The molecule has 52 heteroatoms. The Kier molecular flexibility index (Phi) is 51.3. The highest BCUT2D eigenvalue weighted by Crippen LogP contribution is 2.25. The largest absolute Gasteiger partial charge is 0.508 e. The number of phenolic OH excluding ortho intramolecular Hbond substituents is 2. The van der Waals surface area contributed by atoms with Crippen LogP contribution in [0.15, 0.2) is 48.5 Å². The number of nitrogens with two attached hydrogens (primary N) is 8. The zero-order valence-electron chi connectivity index (χ0n) is 77.5. The summed E-state index contributed by atoms with van der Waals surface area (Å²) in [5.41, 5.74) is 46.9. The Morgan fingerprint density at radius 2 is 0.824 bits per heavy atom. The van der Waals surface area contributed by atoms with Crippen LogP contribution in [0.25, 0.3) is 0 Å². The highest BCUT2D eigenvalue weighted by atomic mass is 32.1. The number of β-amino-alcohol motifs (C(OH)–C–C–N with tert-alkyl or cyclic N) is 1. The van der Waals surface area contributed by atoms with Crippen LogP contribution in [-0.4, -0.2) is 319 Å². The Bertz CT molecular complexity index is 4370. The number of primary amides is 2. The number of carbonyl (C=O) groups excluding carboxylic acids is 17. The lowest BCUT2D eigenvalue weighted by molar-refractivity contribution is -0.142. The van der Waals surface area contributed by atoms with E-state index >= 15 is 0 Å².